The van der Waals surface area contributed by atoms with Crippen molar-refractivity contribution in [1.82, 2.24) is 14.8 Å². The van der Waals surface area contributed by atoms with Crippen LogP contribution in [0.1, 0.15) is 25.0 Å². The van der Waals surface area contributed by atoms with Gasteiger partial charge in [-0.1, -0.05) is 19.1 Å². The Kier molecular flexibility index (Phi) is 5.67. The lowest BCUT2D eigenvalue weighted by Gasteiger charge is -2.34. The molecule has 6 nitrogen and oxygen atoms in total. The number of piperidine rings is 1. The standard InChI is InChI=1S/C15H21N5O/c1-16-14(13-9-5-6-10-17-13)18-21-15(19(2)3)20-11-7-4-8-12-20/h5-6,9-10,15H,4,7-8,11-12H2,2-3H3/b18-14+. The molecule has 1 aromatic heterocycles. The zero-order valence-electron chi connectivity index (χ0n) is 12.6. The number of hydrogen-bond acceptors (Lipinski definition) is 5. The van der Waals surface area contributed by atoms with Crippen LogP contribution in [-0.4, -0.2) is 54.2 Å². The smallest absolute Gasteiger partial charge is 0.340 e. The van der Waals surface area contributed by atoms with E-state index < -0.39 is 0 Å². The first-order valence-corrected chi connectivity index (χ1v) is 7.15. The first-order chi connectivity index (χ1) is 10.2. The van der Waals surface area contributed by atoms with Gasteiger partial charge in [-0.3, -0.25) is 19.6 Å². The van der Waals surface area contributed by atoms with Gasteiger partial charge in [0.05, 0.1) is 10.8 Å². The van der Waals surface area contributed by atoms with Gasteiger partial charge in [0.15, 0.2) is 0 Å². The van der Waals surface area contributed by atoms with Gasteiger partial charge in [-0.25, -0.2) is 0 Å². The molecule has 0 aromatic carbocycles. The van der Waals surface area contributed by atoms with Crippen LogP contribution in [-0.2, 0) is 4.84 Å². The second-order valence-corrected chi connectivity index (χ2v) is 5.23. The summed E-state index contributed by atoms with van der Waals surface area (Å²) in [6, 6.07) is 5.39. The minimum atomic E-state index is -0.245. The fourth-order valence-electron chi connectivity index (χ4n) is 2.34. The third-order valence-electron chi connectivity index (χ3n) is 3.38. The Morgan fingerprint density at radius 3 is 2.71 bits per heavy atom. The van der Waals surface area contributed by atoms with E-state index in [2.05, 4.69) is 19.9 Å². The number of pyridine rings is 1. The quantitative estimate of drug-likeness (QED) is 0.273. The van der Waals surface area contributed by atoms with Gasteiger partial charge in [-0.2, -0.15) is 0 Å². The van der Waals surface area contributed by atoms with E-state index in [0.29, 0.717) is 5.69 Å². The largest absolute Gasteiger partial charge is 0.356 e. The van der Waals surface area contributed by atoms with E-state index in [0.717, 1.165) is 13.1 Å². The minimum absolute atomic E-state index is 0.180. The second kappa shape index (κ2) is 7.72. The number of rotatable bonds is 5. The van der Waals surface area contributed by atoms with Crippen LogP contribution in [0, 0.1) is 6.57 Å². The molecule has 0 amide bonds. The average molecular weight is 287 g/mol. The Hall–Kier alpha value is -1.97. The molecule has 0 spiro atoms. The van der Waals surface area contributed by atoms with E-state index in [1.807, 2.05) is 31.1 Å². The Balaban J connectivity index is 2.09. The molecule has 0 bridgehead atoms. The van der Waals surface area contributed by atoms with Crippen molar-refractivity contribution in [2.75, 3.05) is 27.2 Å². The monoisotopic (exact) mass is 287 g/mol. The van der Waals surface area contributed by atoms with Crippen molar-refractivity contribution in [3.8, 4) is 0 Å². The third-order valence-corrected chi connectivity index (χ3v) is 3.38. The predicted octanol–water partition coefficient (Wildman–Crippen LogP) is 2.01. The van der Waals surface area contributed by atoms with Gasteiger partial charge in [0, 0.05) is 19.3 Å². The predicted molar refractivity (Wildman–Crippen MR) is 81.4 cm³/mol. The fraction of sp³-hybridized carbons (Fsp3) is 0.533. The number of amidine groups is 1. The van der Waals surface area contributed by atoms with E-state index in [4.69, 9.17) is 11.4 Å². The van der Waals surface area contributed by atoms with Crippen molar-refractivity contribution in [2.45, 2.75) is 25.6 Å². The number of oxime groups is 1. The highest BCUT2D eigenvalue weighted by Gasteiger charge is 2.26. The topological polar surface area (TPSA) is 45.3 Å². The highest BCUT2D eigenvalue weighted by molar-refractivity contribution is 6.03. The van der Waals surface area contributed by atoms with Gasteiger partial charge < -0.3 is 4.85 Å². The molecule has 1 aliphatic heterocycles. The van der Waals surface area contributed by atoms with Crippen LogP contribution in [0.15, 0.2) is 29.6 Å². The number of nitrogens with zero attached hydrogens (tertiary/aromatic N) is 5. The normalized spacial score (nSPS) is 18.3. The highest BCUT2D eigenvalue weighted by atomic mass is 16.7. The first-order valence-electron chi connectivity index (χ1n) is 7.15. The van der Waals surface area contributed by atoms with Crippen molar-refractivity contribution in [3.05, 3.63) is 41.5 Å². The van der Waals surface area contributed by atoms with E-state index in [1.54, 1.807) is 12.3 Å². The van der Waals surface area contributed by atoms with Gasteiger partial charge in [0.2, 0.25) is 0 Å². The Morgan fingerprint density at radius 1 is 1.38 bits per heavy atom. The molecule has 21 heavy (non-hydrogen) atoms. The van der Waals surface area contributed by atoms with Gasteiger partial charge >= 0.3 is 5.84 Å². The van der Waals surface area contributed by atoms with Crippen LogP contribution >= 0.6 is 0 Å². The van der Waals surface area contributed by atoms with Gasteiger partial charge in [0.25, 0.3) is 6.35 Å². The summed E-state index contributed by atoms with van der Waals surface area (Å²) < 4.78 is 0. The maximum absolute atomic E-state index is 7.24. The summed E-state index contributed by atoms with van der Waals surface area (Å²) in [5, 5.41) is 4.03. The van der Waals surface area contributed by atoms with E-state index >= 15 is 0 Å². The second-order valence-electron chi connectivity index (χ2n) is 5.23. The molecular weight excluding hydrogens is 266 g/mol. The van der Waals surface area contributed by atoms with Crippen LogP contribution in [0.5, 0.6) is 0 Å². The molecule has 1 unspecified atom stereocenters. The van der Waals surface area contributed by atoms with E-state index in [-0.39, 0.29) is 12.2 Å². The molecule has 112 valence electrons. The molecule has 1 atom stereocenters. The molecule has 1 aromatic rings. The van der Waals surface area contributed by atoms with E-state index in [9.17, 15) is 0 Å². The summed E-state index contributed by atoms with van der Waals surface area (Å²) in [6.07, 6.45) is 5.01. The summed E-state index contributed by atoms with van der Waals surface area (Å²) in [5.41, 5.74) is 0.531. The molecule has 1 saturated heterocycles. The fourth-order valence-corrected chi connectivity index (χ4v) is 2.34. The number of likely N-dealkylation sites (tertiary alicyclic amines) is 1. The first kappa shape index (κ1) is 15.4. The van der Waals surface area contributed by atoms with Crippen molar-refractivity contribution in [2.24, 2.45) is 5.16 Å². The summed E-state index contributed by atoms with van der Waals surface area (Å²) in [7, 11) is 3.90. The van der Waals surface area contributed by atoms with Crippen molar-refractivity contribution < 1.29 is 4.84 Å². The van der Waals surface area contributed by atoms with Crippen molar-refractivity contribution in [1.29, 1.82) is 0 Å². The summed E-state index contributed by atoms with van der Waals surface area (Å²) in [5.74, 6) is 0.180. The highest BCUT2D eigenvalue weighted by Crippen LogP contribution is 2.15. The van der Waals surface area contributed by atoms with Crippen molar-refractivity contribution in [3.63, 3.8) is 0 Å². The molecule has 0 saturated carbocycles. The van der Waals surface area contributed by atoms with E-state index in [1.165, 1.54) is 19.3 Å². The summed E-state index contributed by atoms with van der Waals surface area (Å²) >= 11 is 0. The zero-order chi connectivity index (χ0) is 15.1. The molecule has 1 aliphatic rings. The molecular formula is C15H21N5O. The lowest BCUT2D eigenvalue weighted by atomic mass is 10.1. The van der Waals surface area contributed by atoms with Crippen LogP contribution in [0.4, 0.5) is 0 Å². The zero-order valence-corrected chi connectivity index (χ0v) is 12.6. The summed E-state index contributed by atoms with van der Waals surface area (Å²) in [6.45, 7) is 9.23. The van der Waals surface area contributed by atoms with Gasteiger partial charge in [-0.05, 0) is 39.1 Å². The maximum atomic E-state index is 7.24. The Labute approximate surface area is 125 Å². The molecule has 6 heteroatoms. The molecule has 2 heterocycles. The van der Waals surface area contributed by atoms with Crippen LogP contribution < -0.4 is 0 Å². The van der Waals surface area contributed by atoms with Crippen LogP contribution in [0.25, 0.3) is 4.85 Å². The minimum Gasteiger partial charge on any atom is -0.356 e. The Bertz CT molecular complexity index is 503. The number of aromatic nitrogens is 1. The Morgan fingerprint density at radius 2 is 2.14 bits per heavy atom. The lowest BCUT2D eigenvalue weighted by molar-refractivity contribution is -0.141. The van der Waals surface area contributed by atoms with Gasteiger partial charge in [0.1, 0.15) is 0 Å². The molecule has 0 aliphatic carbocycles. The summed E-state index contributed by atoms with van der Waals surface area (Å²) in [4.78, 5) is 17.4. The molecule has 0 N–H and O–H groups in total. The van der Waals surface area contributed by atoms with Gasteiger partial charge in [-0.15, -0.1) is 0 Å². The van der Waals surface area contributed by atoms with Crippen LogP contribution in [0.3, 0.4) is 0 Å². The third kappa shape index (κ3) is 4.25. The maximum Gasteiger partial charge on any atom is 0.340 e. The lowest BCUT2D eigenvalue weighted by Crippen LogP contribution is -2.48. The van der Waals surface area contributed by atoms with Crippen molar-refractivity contribution >= 4 is 5.84 Å². The molecule has 2 rings (SSSR count). The average Bonchev–Trinajstić information content (AvgIpc) is 2.53. The molecule has 1 fully saturated rings. The molecule has 0 radical (unpaired) electrons. The SMILES string of the molecule is [C-]#[N+]/C(=N/OC(N(C)C)N1CCCCC1)c1ccccn1. The number of hydrogen-bond donors (Lipinski definition) is 0. The van der Waals surface area contributed by atoms with Crippen LogP contribution in [0.2, 0.25) is 0 Å².